The van der Waals surface area contributed by atoms with Gasteiger partial charge in [0, 0.05) is 65.0 Å². The van der Waals surface area contributed by atoms with Crippen LogP contribution in [-0.2, 0) is 10.8 Å². The molecule has 15 aromatic rings. The van der Waals surface area contributed by atoms with E-state index in [1.807, 2.05) is 0 Å². The molecular formula is C68H42O4. The molecule has 0 spiro atoms. The third-order valence-electron chi connectivity index (χ3n) is 17.0. The van der Waals surface area contributed by atoms with Gasteiger partial charge >= 0.3 is 0 Å². The molecule has 4 heterocycles. The fraction of sp³-hybridized carbons (Fsp3) is 0.0882. The van der Waals surface area contributed by atoms with Gasteiger partial charge in [-0.05, 0) is 162 Å². The molecule has 4 heteroatoms. The lowest BCUT2D eigenvalue weighted by molar-refractivity contribution is 0.649. The van der Waals surface area contributed by atoms with Gasteiger partial charge < -0.3 is 17.7 Å². The fourth-order valence-electron chi connectivity index (χ4n) is 13.4. The van der Waals surface area contributed by atoms with Crippen LogP contribution in [0.25, 0.3) is 154 Å². The zero-order valence-electron chi connectivity index (χ0n) is 40.0. The van der Waals surface area contributed by atoms with Crippen molar-refractivity contribution in [2.24, 2.45) is 0 Å². The van der Waals surface area contributed by atoms with Gasteiger partial charge in [-0.1, -0.05) is 125 Å². The van der Waals surface area contributed by atoms with E-state index in [0.717, 1.165) is 110 Å². The summed E-state index contributed by atoms with van der Waals surface area (Å²) in [6, 6.07) is 66.2. The van der Waals surface area contributed by atoms with Crippen LogP contribution < -0.4 is 0 Å². The molecule has 338 valence electrons. The van der Waals surface area contributed by atoms with Crippen molar-refractivity contribution in [2.45, 2.75) is 38.5 Å². The number of fused-ring (bicyclic) bond motifs is 22. The summed E-state index contributed by atoms with van der Waals surface area (Å²) >= 11 is 0. The molecule has 0 aliphatic heterocycles. The Morgan fingerprint density at radius 2 is 0.708 bits per heavy atom. The van der Waals surface area contributed by atoms with Gasteiger partial charge in [0.2, 0.25) is 0 Å². The van der Waals surface area contributed by atoms with Crippen LogP contribution in [0.3, 0.4) is 0 Å². The van der Waals surface area contributed by atoms with E-state index in [0.29, 0.717) is 0 Å². The monoisotopic (exact) mass is 922 g/mol. The van der Waals surface area contributed by atoms with E-state index in [1.165, 1.54) is 66.1 Å². The topological polar surface area (TPSA) is 52.6 Å². The Bertz CT molecular complexity index is 4980. The molecule has 0 amide bonds. The summed E-state index contributed by atoms with van der Waals surface area (Å²) in [5.74, 6) is 0. The van der Waals surface area contributed by atoms with Crippen LogP contribution >= 0.6 is 0 Å². The molecule has 0 atom stereocenters. The van der Waals surface area contributed by atoms with Crippen molar-refractivity contribution in [3.8, 4) is 44.5 Å². The zero-order chi connectivity index (χ0) is 47.5. The van der Waals surface area contributed by atoms with E-state index in [1.54, 1.807) is 0 Å². The van der Waals surface area contributed by atoms with Crippen molar-refractivity contribution in [3.63, 3.8) is 0 Å². The van der Waals surface area contributed by atoms with Crippen LogP contribution in [0.2, 0.25) is 0 Å². The molecule has 0 saturated carbocycles. The van der Waals surface area contributed by atoms with Gasteiger partial charge in [-0.3, -0.25) is 0 Å². The molecule has 4 nitrogen and oxygen atoms in total. The van der Waals surface area contributed by atoms with E-state index in [9.17, 15) is 0 Å². The summed E-state index contributed by atoms with van der Waals surface area (Å²) in [7, 11) is 0. The van der Waals surface area contributed by atoms with Crippen molar-refractivity contribution in [3.05, 3.63) is 204 Å². The van der Waals surface area contributed by atoms with Gasteiger partial charge in [0.1, 0.15) is 44.7 Å². The average molecular weight is 923 g/mol. The standard InChI is InChI=1S/C68H42O4/c1-67(2)51-34-50-52(33-49(51)62-53(67)32-46(65-64(62)44-18-10-12-20-56(44)71-65)40-22-24-42-48-26-36-14-6-8-16-38(36)28-60(48)70-58(42)30-40)68(3,4)54-31-45(61-43-17-9-11-19-55(43)72-66(61)63(50)54)39-21-23-41-47-25-35-13-5-7-15-37(35)27-59(47)69-57(41)29-39/h5-34H,1-4H3. The summed E-state index contributed by atoms with van der Waals surface area (Å²) in [6.45, 7) is 9.57. The first-order chi connectivity index (χ1) is 35.2. The Balaban J connectivity index is 0.876. The van der Waals surface area contributed by atoms with Crippen LogP contribution in [0, 0.1) is 0 Å². The fourth-order valence-corrected chi connectivity index (χ4v) is 13.4. The van der Waals surface area contributed by atoms with Crippen LogP contribution in [0.1, 0.15) is 49.9 Å². The molecule has 0 radical (unpaired) electrons. The van der Waals surface area contributed by atoms with E-state index in [-0.39, 0.29) is 10.8 Å². The van der Waals surface area contributed by atoms with Gasteiger partial charge in [0.05, 0.1) is 0 Å². The zero-order valence-corrected chi connectivity index (χ0v) is 40.0. The lowest BCUT2D eigenvalue weighted by Crippen LogP contribution is -2.17. The second-order valence-corrected chi connectivity index (χ2v) is 21.5. The smallest absolute Gasteiger partial charge is 0.144 e. The first-order valence-electron chi connectivity index (χ1n) is 25.0. The third kappa shape index (κ3) is 4.87. The second kappa shape index (κ2) is 13.1. The summed E-state index contributed by atoms with van der Waals surface area (Å²) in [6.07, 6.45) is 0. The van der Waals surface area contributed by atoms with Gasteiger partial charge in [-0.25, -0.2) is 0 Å². The Kier molecular flexibility index (Phi) is 7.08. The molecule has 2 aliphatic rings. The summed E-state index contributed by atoms with van der Waals surface area (Å²) in [5, 5.41) is 13.8. The van der Waals surface area contributed by atoms with Crippen LogP contribution in [0.5, 0.6) is 0 Å². The van der Waals surface area contributed by atoms with Crippen LogP contribution in [-0.4, -0.2) is 0 Å². The normalized spacial score (nSPS) is 14.6. The molecule has 2 aliphatic carbocycles. The van der Waals surface area contributed by atoms with Gasteiger partial charge in [-0.15, -0.1) is 0 Å². The first-order valence-corrected chi connectivity index (χ1v) is 25.0. The maximum absolute atomic E-state index is 7.11. The highest BCUT2D eigenvalue weighted by Gasteiger charge is 2.45. The van der Waals surface area contributed by atoms with Crippen molar-refractivity contribution in [1.82, 2.24) is 0 Å². The number of hydrogen-bond donors (Lipinski definition) is 0. The lowest BCUT2D eigenvalue weighted by Gasteiger charge is -2.24. The number of hydrogen-bond acceptors (Lipinski definition) is 4. The molecule has 0 unspecified atom stereocenters. The Hall–Kier alpha value is -8.86. The minimum atomic E-state index is -0.358. The maximum Gasteiger partial charge on any atom is 0.144 e. The third-order valence-corrected chi connectivity index (χ3v) is 17.0. The predicted molar refractivity (Wildman–Crippen MR) is 297 cm³/mol. The SMILES string of the molecule is CC1(C)c2cc3c(cc2-c2c1cc(-c1ccc4c(c1)oc1cc5ccccc5cc14)c1c2oc2ccccc21)C(C)(C)c1cc(-c2ccc4c(c2)oc2cc5ccccc5cc24)c2oc4ccccc4c2c1-3. The molecule has 0 fully saturated rings. The first kappa shape index (κ1) is 38.9. The Morgan fingerprint density at radius 1 is 0.278 bits per heavy atom. The van der Waals surface area contributed by atoms with Crippen molar-refractivity contribution >= 4 is 109 Å². The minimum absolute atomic E-state index is 0.349. The Labute approximate surface area is 412 Å². The number of rotatable bonds is 2. The van der Waals surface area contributed by atoms with Gasteiger partial charge in [0.25, 0.3) is 0 Å². The van der Waals surface area contributed by atoms with Crippen LogP contribution in [0.4, 0.5) is 0 Å². The summed E-state index contributed by atoms with van der Waals surface area (Å²) in [4.78, 5) is 0. The molecule has 0 saturated heterocycles. The molecule has 0 N–H and O–H groups in total. The van der Waals surface area contributed by atoms with Crippen molar-refractivity contribution in [1.29, 1.82) is 0 Å². The molecule has 72 heavy (non-hydrogen) atoms. The van der Waals surface area contributed by atoms with Gasteiger partial charge in [-0.2, -0.15) is 0 Å². The average Bonchev–Trinajstić information content (AvgIpc) is 4.24. The second-order valence-electron chi connectivity index (χ2n) is 21.5. The van der Waals surface area contributed by atoms with Crippen LogP contribution in [0.15, 0.2) is 200 Å². The number of para-hydroxylation sites is 2. The Morgan fingerprint density at radius 3 is 1.29 bits per heavy atom. The van der Waals surface area contributed by atoms with E-state index >= 15 is 0 Å². The molecule has 4 aromatic heterocycles. The number of furan rings is 4. The van der Waals surface area contributed by atoms with E-state index in [4.69, 9.17) is 17.7 Å². The summed E-state index contributed by atoms with van der Waals surface area (Å²) in [5.41, 5.74) is 20.9. The quantitative estimate of drug-likeness (QED) is 0.173. The van der Waals surface area contributed by atoms with Crippen molar-refractivity contribution in [2.75, 3.05) is 0 Å². The molecule has 11 aromatic carbocycles. The van der Waals surface area contributed by atoms with E-state index in [2.05, 4.69) is 210 Å². The highest BCUT2D eigenvalue weighted by Crippen LogP contribution is 2.61. The lowest BCUT2D eigenvalue weighted by atomic mass is 9.78. The van der Waals surface area contributed by atoms with Gasteiger partial charge in [0.15, 0.2) is 0 Å². The molecular weight excluding hydrogens is 881 g/mol. The summed E-state index contributed by atoms with van der Waals surface area (Å²) < 4.78 is 27.4. The maximum atomic E-state index is 7.11. The minimum Gasteiger partial charge on any atom is -0.456 e. The largest absolute Gasteiger partial charge is 0.456 e. The van der Waals surface area contributed by atoms with Crippen molar-refractivity contribution < 1.29 is 17.7 Å². The molecule has 0 bridgehead atoms. The number of benzene rings is 11. The predicted octanol–water partition coefficient (Wildman–Crippen LogP) is 19.5. The van der Waals surface area contributed by atoms with E-state index < -0.39 is 0 Å². The molecule has 17 rings (SSSR count). The highest BCUT2D eigenvalue weighted by atomic mass is 16.3. The highest BCUT2D eigenvalue weighted by molar-refractivity contribution is 6.22.